The van der Waals surface area contributed by atoms with E-state index in [1.807, 2.05) is 42.6 Å². The molecule has 0 spiro atoms. The summed E-state index contributed by atoms with van der Waals surface area (Å²) in [4.78, 5) is 37.2. The van der Waals surface area contributed by atoms with E-state index in [-0.39, 0.29) is 30.8 Å². The molecule has 0 fully saturated rings. The number of benzene rings is 2. The number of carboxylic acid groups (broad SMARTS) is 1. The second-order valence-electron chi connectivity index (χ2n) is 8.70. The van der Waals surface area contributed by atoms with E-state index in [1.165, 1.54) is 11.3 Å². The summed E-state index contributed by atoms with van der Waals surface area (Å²) >= 11 is 1.37. The summed E-state index contributed by atoms with van der Waals surface area (Å²) in [5.41, 5.74) is 4.52. The number of carboxylic acids is 1. The van der Waals surface area contributed by atoms with Crippen LogP contribution in [0.15, 0.2) is 66.0 Å². The quantitative estimate of drug-likeness (QED) is 0.372. The molecule has 1 aromatic heterocycles. The minimum atomic E-state index is -0.888. The molecule has 2 atom stereocenters. The number of thiophene rings is 1. The maximum Gasteiger partial charge on any atom is 0.408 e. The van der Waals surface area contributed by atoms with Crippen molar-refractivity contribution in [2.45, 2.75) is 31.7 Å². The zero-order chi connectivity index (χ0) is 24.8. The average molecular weight is 493 g/mol. The highest BCUT2D eigenvalue weighted by molar-refractivity contribution is 7.10. The Hall–Kier alpha value is -3.65. The topological polar surface area (TPSA) is 105 Å². The summed E-state index contributed by atoms with van der Waals surface area (Å²) in [6.07, 6.45) is -0.0952. The number of rotatable bonds is 10. The molecule has 7 nitrogen and oxygen atoms in total. The SMILES string of the molecule is CC(CCNC(=O)C(NC(=O)OCC1c2ccccc2-c2ccccc21)c1cccs1)CC(=O)O. The summed E-state index contributed by atoms with van der Waals surface area (Å²) in [6, 6.07) is 18.9. The van der Waals surface area contributed by atoms with Crippen molar-refractivity contribution in [3.63, 3.8) is 0 Å². The van der Waals surface area contributed by atoms with E-state index < -0.39 is 18.1 Å². The van der Waals surface area contributed by atoms with Crippen molar-refractivity contribution in [2.24, 2.45) is 5.92 Å². The lowest BCUT2D eigenvalue weighted by molar-refractivity contribution is -0.138. The fraction of sp³-hybridized carbons (Fsp3) is 0.296. The van der Waals surface area contributed by atoms with E-state index in [0.29, 0.717) is 17.8 Å². The molecule has 1 aliphatic rings. The lowest BCUT2D eigenvalue weighted by Crippen LogP contribution is -2.41. The minimum Gasteiger partial charge on any atom is -0.481 e. The van der Waals surface area contributed by atoms with E-state index in [1.54, 1.807) is 6.07 Å². The number of nitrogens with one attached hydrogen (secondary N) is 2. The molecule has 0 radical (unpaired) electrons. The normalized spacial score (nSPS) is 13.9. The number of hydrogen-bond acceptors (Lipinski definition) is 5. The van der Waals surface area contributed by atoms with Gasteiger partial charge in [-0.15, -0.1) is 11.3 Å². The fourth-order valence-corrected chi connectivity index (χ4v) is 5.20. The van der Waals surface area contributed by atoms with Gasteiger partial charge in [-0.25, -0.2) is 4.79 Å². The summed E-state index contributed by atoms with van der Waals surface area (Å²) in [7, 11) is 0. The van der Waals surface area contributed by atoms with Crippen molar-refractivity contribution in [1.82, 2.24) is 10.6 Å². The third kappa shape index (κ3) is 5.89. The lowest BCUT2D eigenvalue weighted by atomic mass is 9.98. The molecule has 1 aliphatic carbocycles. The number of carbonyl (C=O) groups is 3. The monoisotopic (exact) mass is 492 g/mol. The van der Waals surface area contributed by atoms with Crippen LogP contribution in [0.1, 0.15) is 47.7 Å². The Balaban J connectivity index is 1.38. The van der Waals surface area contributed by atoms with Gasteiger partial charge in [-0.3, -0.25) is 9.59 Å². The molecule has 0 saturated heterocycles. The Morgan fingerprint density at radius 2 is 1.66 bits per heavy atom. The number of fused-ring (bicyclic) bond motifs is 3. The van der Waals surface area contributed by atoms with Gasteiger partial charge < -0.3 is 20.5 Å². The molecule has 0 aliphatic heterocycles. The Kier molecular flexibility index (Phi) is 7.82. The third-order valence-corrected chi connectivity index (χ3v) is 7.09. The second kappa shape index (κ2) is 11.2. The van der Waals surface area contributed by atoms with Gasteiger partial charge >= 0.3 is 12.1 Å². The molecule has 0 bridgehead atoms. The van der Waals surface area contributed by atoms with Crippen LogP contribution in [-0.2, 0) is 14.3 Å². The Labute approximate surface area is 208 Å². The Morgan fingerprint density at radius 1 is 1.00 bits per heavy atom. The molecular weight excluding hydrogens is 464 g/mol. The lowest BCUT2D eigenvalue weighted by Gasteiger charge is -2.19. The van der Waals surface area contributed by atoms with Crippen LogP contribution in [0.4, 0.5) is 4.79 Å². The van der Waals surface area contributed by atoms with E-state index in [4.69, 9.17) is 9.84 Å². The van der Waals surface area contributed by atoms with Crippen molar-refractivity contribution in [3.8, 4) is 11.1 Å². The van der Waals surface area contributed by atoms with Gasteiger partial charge in [0.25, 0.3) is 0 Å². The van der Waals surface area contributed by atoms with E-state index in [9.17, 15) is 14.4 Å². The fourth-order valence-electron chi connectivity index (χ4n) is 4.42. The van der Waals surface area contributed by atoms with Gasteiger partial charge in [0.05, 0.1) is 0 Å². The standard InChI is InChI=1S/C27H28N2O5S/c1-17(15-24(30)31)12-13-28-26(32)25(23-11-6-14-35-23)29-27(33)34-16-22-20-9-4-2-7-18(20)19-8-3-5-10-21(19)22/h2-11,14,17,22,25H,12-13,15-16H2,1H3,(H,28,32)(H,29,33)(H,30,31). The third-order valence-electron chi connectivity index (χ3n) is 6.16. The van der Waals surface area contributed by atoms with Crippen LogP contribution in [0.2, 0.25) is 0 Å². The molecule has 2 aromatic carbocycles. The van der Waals surface area contributed by atoms with Crippen LogP contribution >= 0.6 is 11.3 Å². The Bertz CT molecular complexity index is 1150. The van der Waals surface area contributed by atoms with Crippen LogP contribution in [0.5, 0.6) is 0 Å². The maximum atomic E-state index is 12.9. The Morgan fingerprint density at radius 3 is 2.26 bits per heavy atom. The molecule has 3 aromatic rings. The van der Waals surface area contributed by atoms with Gasteiger partial charge in [0.1, 0.15) is 12.6 Å². The highest BCUT2D eigenvalue weighted by Crippen LogP contribution is 2.44. The molecular formula is C27H28N2O5S. The molecule has 4 rings (SSSR count). The van der Waals surface area contributed by atoms with Crippen molar-refractivity contribution in [3.05, 3.63) is 82.0 Å². The number of amides is 2. The van der Waals surface area contributed by atoms with Crippen LogP contribution in [0, 0.1) is 5.92 Å². The van der Waals surface area contributed by atoms with Crippen molar-refractivity contribution >= 4 is 29.3 Å². The van der Waals surface area contributed by atoms with Crippen LogP contribution in [0.25, 0.3) is 11.1 Å². The van der Waals surface area contributed by atoms with Crippen molar-refractivity contribution in [1.29, 1.82) is 0 Å². The highest BCUT2D eigenvalue weighted by Gasteiger charge is 2.30. The van der Waals surface area contributed by atoms with Gasteiger partial charge in [0.2, 0.25) is 5.91 Å². The summed E-state index contributed by atoms with van der Waals surface area (Å²) in [5.74, 6) is -1.36. The van der Waals surface area contributed by atoms with Gasteiger partial charge in [-0.05, 0) is 46.0 Å². The van der Waals surface area contributed by atoms with Crippen molar-refractivity contribution < 1.29 is 24.2 Å². The first-order chi connectivity index (χ1) is 16.9. The summed E-state index contributed by atoms with van der Waals surface area (Å²) in [6.45, 7) is 2.30. The predicted molar refractivity (Wildman–Crippen MR) is 134 cm³/mol. The number of aliphatic carboxylic acids is 1. The molecule has 8 heteroatoms. The molecule has 182 valence electrons. The smallest absolute Gasteiger partial charge is 0.408 e. The van der Waals surface area contributed by atoms with Crippen LogP contribution < -0.4 is 10.6 Å². The number of alkyl carbamates (subject to hydrolysis) is 1. The summed E-state index contributed by atoms with van der Waals surface area (Å²) < 4.78 is 5.61. The molecule has 35 heavy (non-hydrogen) atoms. The maximum absolute atomic E-state index is 12.9. The van der Waals surface area contributed by atoms with Gasteiger partial charge in [0.15, 0.2) is 0 Å². The van der Waals surface area contributed by atoms with Gasteiger partial charge in [-0.1, -0.05) is 61.5 Å². The number of ether oxygens (including phenoxy) is 1. The molecule has 3 N–H and O–H groups in total. The molecule has 2 unspecified atom stereocenters. The first-order valence-corrected chi connectivity index (χ1v) is 12.5. The first-order valence-electron chi connectivity index (χ1n) is 11.6. The van der Waals surface area contributed by atoms with Crippen LogP contribution in [0.3, 0.4) is 0 Å². The van der Waals surface area contributed by atoms with Crippen molar-refractivity contribution in [2.75, 3.05) is 13.2 Å². The highest BCUT2D eigenvalue weighted by atomic mass is 32.1. The second-order valence-corrected chi connectivity index (χ2v) is 9.68. The van der Waals surface area contributed by atoms with E-state index >= 15 is 0 Å². The largest absolute Gasteiger partial charge is 0.481 e. The van der Waals surface area contributed by atoms with Gasteiger partial charge in [-0.2, -0.15) is 0 Å². The molecule has 1 heterocycles. The van der Waals surface area contributed by atoms with E-state index in [0.717, 1.165) is 22.3 Å². The first kappa shape index (κ1) is 24.5. The van der Waals surface area contributed by atoms with Crippen LogP contribution in [-0.4, -0.2) is 36.2 Å². The molecule has 2 amide bonds. The minimum absolute atomic E-state index is 0.0439. The number of carbonyl (C=O) groups excluding carboxylic acids is 2. The van der Waals surface area contributed by atoms with Gasteiger partial charge in [0, 0.05) is 23.8 Å². The number of hydrogen-bond donors (Lipinski definition) is 3. The average Bonchev–Trinajstić information content (AvgIpc) is 3.47. The zero-order valence-corrected chi connectivity index (χ0v) is 20.2. The van der Waals surface area contributed by atoms with E-state index in [2.05, 4.69) is 34.9 Å². The zero-order valence-electron chi connectivity index (χ0n) is 19.4. The predicted octanol–water partition coefficient (Wildman–Crippen LogP) is 4.95. The summed E-state index contributed by atoms with van der Waals surface area (Å²) in [5, 5.41) is 16.2. The molecule has 0 saturated carbocycles.